The van der Waals surface area contributed by atoms with Crippen molar-refractivity contribution >= 4 is 27.4 Å². The summed E-state index contributed by atoms with van der Waals surface area (Å²) in [7, 11) is 0. The Kier molecular flexibility index (Phi) is 3.88. The molecule has 3 heterocycles. The molecule has 0 aromatic carbocycles. The zero-order valence-electron chi connectivity index (χ0n) is 12.5. The van der Waals surface area contributed by atoms with Crippen LogP contribution in [0.15, 0.2) is 24.8 Å². The lowest BCUT2D eigenvalue weighted by Gasteiger charge is -2.13. The smallest absolute Gasteiger partial charge is 0.138 e. The van der Waals surface area contributed by atoms with E-state index in [-0.39, 0.29) is 0 Å². The minimum Gasteiger partial charge on any atom is -0.369 e. The van der Waals surface area contributed by atoms with Gasteiger partial charge in [-0.3, -0.25) is 4.68 Å². The standard InChI is InChI=1S/C15H19N5S/c1-10(8-20-6-4-5-19-20)7-16-14-13-11(2)12(3)21-15(13)18-9-17-14/h4-6,9-10H,7-8H2,1-3H3,(H,16,17,18)/t10-/m1/s1. The van der Waals surface area contributed by atoms with Crippen molar-refractivity contribution in [2.75, 3.05) is 11.9 Å². The average molecular weight is 301 g/mol. The van der Waals surface area contributed by atoms with Gasteiger partial charge in [0.05, 0.1) is 5.39 Å². The van der Waals surface area contributed by atoms with Gasteiger partial charge in [-0.25, -0.2) is 9.97 Å². The summed E-state index contributed by atoms with van der Waals surface area (Å²) in [5.41, 5.74) is 1.28. The molecule has 3 aromatic heterocycles. The third-order valence-electron chi connectivity index (χ3n) is 3.64. The second-order valence-corrected chi connectivity index (χ2v) is 6.60. The molecule has 0 aliphatic heterocycles. The Morgan fingerprint density at radius 3 is 2.95 bits per heavy atom. The van der Waals surface area contributed by atoms with Crippen molar-refractivity contribution in [3.8, 4) is 0 Å². The molecule has 0 bridgehead atoms. The Bertz CT molecular complexity index is 732. The van der Waals surface area contributed by atoms with Gasteiger partial charge in [-0.15, -0.1) is 11.3 Å². The molecule has 0 amide bonds. The summed E-state index contributed by atoms with van der Waals surface area (Å²) in [4.78, 5) is 11.1. The van der Waals surface area contributed by atoms with Crippen molar-refractivity contribution < 1.29 is 0 Å². The molecule has 5 nitrogen and oxygen atoms in total. The van der Waals surface area contributed by atoms with Gasteiger partial charge in [-0.05, 0) is 31.4 Å². The summed E-state index contributed by atoms with van der Waals surface area (Å²) < 4.78 is 1.96. The monoisotopic (exact) mass is 301 g/mol. The molecular weight excluding hydrogens is 282 g/mol. The number of anilines is 1. The Balaban J connectivity index is 1.73. The Hall–Kier alpha value is -1.95. The lowest BCUT2D eigenvalue weighted by atomic mass is 10.1. The molecule has 1 N–H and O–H groups in total. The lowest BCUT2D eigenvalue weighted by Crippen LogP contribution is -2.18. The van der Waals surface area contributed by atoms with E-state index < -0.39 is 0 Å². The molecule has 21 heavy (non-hydrogen) atoms. The predicted molar refractivity (Wildman–Crippen MR) is 86.8 cm³/mol. The van der Waals surface area contributed by atoms with Crippen molar-refractivity contribution in [3.05, 3.63) is 35.2 Å². The maximum atomic E-state index is 4.41. The van der Waals surface area contributed by atoms with E-state index in [1.165, 1.54) is 10.4 Å². The minimum absolute atomic E-state index is 0.468. The third kappa shape index (κ3) is 2.90. The number of rotatable bonds is 5. The SMILES string of the molecule is Cc1sc2ncnc(NC[C@@H](C)Cn3cccn3)c2c1C. The summed E-state index contributed by atoms with van der Waals surface area (Å²) in [6, 6.07) is 1.95. The molecule has 0 aliphatic carbocycles. The number of hydrogen-bond acceptors (Lipinski definition) is 5. The maximum absolute atomic E-state index is 4.41. The Labute approximate surface area is 128 Å². The van der Waals surface area contributed by atoms with Crippen LogP contribution in [-0.4, -0.2) is 26.3 Å². The molecule has 3 rings (SSSR count). The molecule has 0 aliphatic rings. The summed E-state index contributed by atoms with van der Waals surface area (Å²) in [5.74, 6) is 1.41. The summed E-state index contributed by atoms with van der Waals surface area (Å²) >= 11 is 1.73. The highest BCUT2D eigenvalue weighted by Gasteiger charge is 2.12. The Morgan fingerprint density at radius 2 is 2.19 bits per heavy atom. The zero-order valence-corrected chi connectivity index (χ0v) is 13.3. The quantitative estimate of drug-likeness (QED) is 0.786. The normalized spacial score (nSPS) is 12.7. The molecule has 6 heteroatoms. The first-order valence-electron chi connectivity index (χ1n) is 7.07. The van der Waals surface area contributed by atoms with E-state index in [9.17, 15) is 0 Å². The average Bonchev–Trinajstić information content (AvgIpc) is 3.06. The first-order chi connectivity index (χ1) is 10.1. The number of nitrogens with one attached hydrogen (secondary N) is 1. The molecule has 0 fully saturated rings. The van der Waals surface area contributed by atoms with Crippen molar-refractivity contribution in [1.82, 2.24) is 19.7 Å². The van der Waals surface area contributed by atoms with Crippen LogP contribution in [0.5, 0.6) is 0 Å². The molecule has 0 saturated carbocycles. The second-order valence-electron chi connectivity index (χ2n) is 5.40. The van der Waals surface area contributed by atoms with Gasteiger partial charge in [0.15, 0.2) is 0 Å². The van der Waals surface area contributed by atoms with E-state index in [1.807, 2.05) is 23.1 Å². The molecule has 0 saturated heterocycles. The van der Waals surface area contributed by atoms with Crippen LogP contribution in [0, 0.1) is 19.8 Å². The van der Waals surface area contributed by atoms with Crippen LogP contribution < -0.4 is 5.32 Å². The van der Waals surface area contributed by atoms with Gasteiger partial charge < -0.3 is 5.32 Å². The maximum Gasteiger partial charge on any atom is 0.138 e. The number of aryl methyl sites for hydroxylation is 2. The number of fused-ring (bicyclic) bond motifs is 1. The van der Waals surface area contributed by atoms with Crippen molar-refractivity contribution in [2.45, 2.75) is 27.3 Å². The van der Waals surface area contributed by atoms with Crippen LogP contribution in [-0.2, 0) is 6.54 Å². The highest BCUT2D eigenvalue weighted by Crippen LogP contribution is 2.32. The van der Waals surface area contributed by atoms with Gasteiger partial charge in [0.2, 0.25) is 0 Å². The number of nitrogens with zero attached hydrogens (tertiary/aromatic N) is 4. The van der Waals surface area contributed by atoms with Gasteiger partial charge in [-0.1, -0.05) is 6.92 Å². The first kappa shape index (κ1) is 14.0. The summed E-state index contributed by atoms with van der Waals surface area (Å²) in [6.07, 6.45) is 5.44. The van der Waals surface area contributed by atoms with E-state index in [1.54, 1.807) is 17.7 Å². The number of aromatic nitrogens is 4. The molecule has 0 radical (unpaired) electrons. The van der Waals surface area contributed by atoms with E-state index in [4.69, 9.17) is 0 Å². The molecule has 1 atom stereocenters. The zero-order chi connectivity index (χ0) is 14.8. The molecule has 0 spiro atoms. The summed E-state index contributed by atoms with van der Waals surface area (Å²) in [5, 5.41) is 8.87. The molecule has 3 aromatic rings. The molecule has 0 unspecified atom stereocenters. The van der Waals surface area contributed by atoms with E-state index in [0.29, 0.717) is 5.92 Å². The minimum atomic E-state index is 0.468. The van der Waals surface area contributed by atoms with Gasteiger partial charge in [0.25, 0.3) is 0 Å². The van der Waals surface area contributed by atoms with Crippen molar-refractivity contribution in [2.24, 2.45) is 5.92 Å². The highest BCUT2D eigenvalue weighted by molar-refractivity contribution is 7.18. The fraction of sp³-hybridized carbons (Fsp3) is 0.400. The van der Waals surface area contributed by atoms with E-state index >= 15 is 0 Å². The van der Waals surface area contributed by atoms with Gasteiger partial charge >= 0.3 is 0 Å². The summed E-state index contributed by atoms with van der Waals surface area (Å²) in [6.45, 7) is 8.23. The van der Waals surface area contributed by atoms with Crippen LogP contribution in [0.25, 0.3) is 10.2 Å². The van der Waals surface area contributed by atoms with Gasteiger partial charge in [0.1, 0.15) is 17.0 Å². The van der Waals surface area contributed by atoms with Crippen LogP contribution >= 0.6 is 11.3 Å². The predicted octanol–water partition coefficient (Wildman–Crippen LogP) is 3.25. The van der Waals surface area contributed by atoms with Crippen LogP contribution in [0.4, 0.5) is 5.82 Å². The van der Waals surface area contributed by atoms with Gasteiger partial charge in [0, 0.05) is 30.4 Å². The largest absolute Gasteiger partial charge is 0.369 e. The second kappa shape index (κ2) is 5.81. The van der Waals surface area contributed by atoms with E-state index in [2.05, 4.69) is 41.2 Å². The highest BCUT2D eigenvalue weighted by atomic mass is 32.1. The van der Waals surface area contributed by atoms with Crippen molar-refractivity contribution in [3.63, 3.8) is 0 Å². The van der Waals surface area contributed by atoms with Crippen LogP contribution in [0.2, 0.25) is 0 Å². The topological polar surface area (TPSA) is 55.6 Å². The number of thiophene rings is 1. The Morgan fingerprint density at radius 1 is 1.33 bits per heavy atom. The fourth-order valence-corrected chi connectivity index (χ4v) is 3.38. The van der Waals surface area contributed by atoms with Crippen LogP contribution in [0.1, 0.15) is 17.4 Å². The van der Waals surface area contributed by atoms with E-state index in [0.717, 1.165) is 29.1 Å². The lowest BCUT2D eigenvalue weighted by molar-refractivity contribution is 0.467. The fourth-order valence-electron chi connectivity index (χ4n) is 2.38. The van der Waals surface area contributed by atoms with Gasteiger partial charge in [-0.2, -0.15) is 5.10 Å². The third-order valence-corrected chi connectivity index (χ3v) is 4.76. The number of hydrogen-bond donors (Lipinski definition) is 1. The first-order valence-corrected chi connectivity index (χ1v) is 7.89. The van der Waals surface area contributed by atoms with Crippen molar-refractivity contribution in [1.29, 1.82) is 0 Å². The molecular formula is C15H19N5S. The molecule has 110 valence electrons. The van der Waals surface area contributed by atoms with Crippen LogP contribution in [0.3, 0.4) is 0 Å².